The SMILES string of the molecule is CS(=O)(=O)N1CCC[C@H](c2nnc(SCC(=O)Nc3ccccc3)n2CCc2ccccc2)C1. The van der Waals surface area contributed by atoms with Crippen molar-refractivity contribution in [2.45, 2.75) is 36.9 Å². The van der Waals surface area contributed by atoms with Crippen molar-refractivity contribution in [2.24, 2.45) is 0 Å². The predicted molar refractivity (Wildman–Crippen MR) is 134 cm³/mol. The molecule has 1 N–H and O–H groups in total. The van der Waals surface area contributed by atoms with Gasteiger partial charge >= 0.3 is 0 Å². The van der Waals surface area contributed by atoms with Crippen LogP contribution >= 0.6 is 11.8 Å². The molecule has 10 heteroatoms. The average molecular weight is 500 g/mol. The fourth-order valence-corrected chi connectivity index (χ4v) is 5.79. The van der Waals surface area contributed by atoms with Gasteiger partial charge in [0.2, 0.25) is 15.9 Å². The monoisotopic (exact) mass is 499 g/mol. The Bertz CT molecular complexity index is 1200. The highest BCUT2D eigenvalue weighted by molar-refractivity contribution is 7.99. The molecule has 0 spiro atoms. The summed E-state index contributed by atoms with van der Waals surface area (Å²) < 4.78 is 27.8. The zero-order chi connectivity index (χ0) is 24.0. The maximum absolute atomic E-state index is 12.5. The number of piperidine rings is 1. The van der Waals surface area contributed by atoms with Gasteiger partial charge in [-0.1, -0.05) is 60.3 Å². The minimum Gasteiger partial charge on any atom is -0.325 e. The Labute approximate surface area is 204 Å². The molecule has 8 nitrogen and oxygen atoms in total. The zero-order valence-corrected chi connectivity index (χ0v) is 20.8. The zero-order valence-electron chi connectivity index (χ0n) is 19.1. The van der Waals surface area contributed by atoms with Crippen LogP contribution < -0.4 is 5.32 Å². The van der Waals surface area contributed by atoms with Crippen LogP contribution in [0.25, 0.3) is 0 Å². The van der Waals surface area contributed by atoms with Gasteiger partial charge in [-0.2, -0.15) is 0 Å². The molecule has 1 amide bonds. The van der Waals surface area contributed by atoms with Crippen molar-refractivity contribution in [3.8, 4) is 0 Å². The molecule has 0 unspecified atom stereocenters. The van der Waals surface area contributed by atoms with Crippen LogP contribution in [0, 0.1) is 0 Å². The minimum absolute atomic E-state index is 0.0285. The number of anilines is 1. The van der Waals surface area contributed by atoms with E-state index in [9.17, 15) is 13.2 Å². The lowest BCUT2D eigenvalue weighted by Gasteiger charge is -2.30. The number of nitrogens with one attached hydrogen (secondary N) is 1. The van der Waals surface area contributed by atoms with Gasteiger partial charge in [0.25, 0.3) is 0 Å². The van der Waals surface area contributed by atoms with Crippen LogP contribution in [0.1, 0.15) is 30.1 Å². The molecule has 1 saturated heterocycles. The van der Waals surface area contributed by atoms with E-state index in [0.717, 1.165) is 30.8 Å². The fourth-order valence-electron chi connectivity index (χ4n) is 4.11. The normalized spacial score (nSPS) is 16.9. The van der Waals surface area contributed by atoms with Crippen LogP contribution in [0.2, 0.25) is 0 Å². The maximum atomic E-state index is 12.5. The summed E-state index contributed by atoms with van der Waals surface area (Å²) >= 11 is 1.35. The Morgan fingerprint density at radius 2 is 1.79 bits per heavy atom. The van der Waals surface area contributed by atoms with Gasteiger partial charge in [-0.25, -0.2) is 12.7 Å². The van der Waals surface area contributed by atoms with Gasteiger partial charge in [0, 0.05) is 31.2 Å². The van der Waals surface area contributed by atoms with Crippen molar-refractivity contribution in [3.63, 3.8) is 0 Å². The Hall–Kier alpha value is -2.69. The lowest BCUT2D eigenvalue weighted by Crippen LogP contribution is -2.39. The van der Waals surface area contributed by atoms with Crippen molar-refractivity contribution in [2.75, 3.05) is 30.4 Å². The molecule has 0 bridgehead atoms. The quantitative estimate of drug-likeness (QED) is 0.453. The summed E-state index contributed by atoms with van der Waals surface area (Å²) in [5.74, 6) is 0.851. The van der Waals surface area contributed by atoms with Crippen LogP contribution in [0.15, 0.2) is 65.8 Å². The third kappa shape index (κ3) is 6.46. The molecule has 1 atom stereocenters. The Morgan fingerprint density at radius 3 is 2.50 bits per heavy atom. The fraction of sp³-hybridized carbons (Fsp3) is 0.375. The molecule has 34 heavy (non-hydrogen) atoms. The molecule has 1 aliphatic heterocycles. The molecule has 4 rings (SSSR count). The third-order valence-electron chi connectivity index (χ3n) is 5.82. The van der Waals surface area contributed by atoms with E-state index in [-0.39, 0.29) is 17.6 Å². The lowest BCUT2D eigenvalue weighted by atomic mass is 9.98. The standard InChI is InChI=1S/C24H29N5O3S2/c1-34(31,32)28-15-8-11-20(17-28)23-26-27-24(29(23)16-14-19-9-4-2-5-10-19)33-18-22(30)25-21-12-6-3-7-13-21/h2-7,9-10,12-13,20H,8,11,14-18H2,1H3,(H,25,30)/t20-/m0/s1. The van der Waals surface area contributed by atoms with E-state index >= 15 is 0 Å². The number of benzene rings is 2. The largest absolute Gasteiger partial charge is 0.325 e. The summed E-state index contributed by atoms with van der Waals surface area (Å²) in [7, 11) is -3.26. The average Bonchev–Trinajstić information content (AvgIpc) is 3.25. The number of carbonyl (C=O) groups excluding carboxylic acids is 1. The number of para-hydroxylation sites is 1. The molecular formula is C24H29N5O3S2. The molecule has 0 radical (unpaired) electrons. The molecule has 1 aromatic heterocycles. The smallest absolute Gasteiger partial charge is 0.234 e. The first-order valence-corrected chi connectivity index (χ1v) is 14.1. The number of aromatic nitrogens is 3. The highest BCUT2D eigenvalue weighted by Crippen LogP contribution is 2.30. The Balaban J connectivity index is 1.51. The minimum atomic E-state index is -3.26. The molecule has 2 heterocycles. The van der Waals surface area contributed by atoms with Crippen LogP contribution in [0.4, 0.5) is 5.69 Å². The topological polar surface area (TPSA) is 97.2 Å². The van der Waals surface area contributed by atoms with Gasteiger partial charge in [0.05, 0.1) is 12.0 Å². The van der Waals surface area contributed by atoms with Gasteiger partial charge in [-0.05, 0) is 37.0 Å². The van der Waals surface area contributed by atoms with E-state index in [1.165, 1.54) is 27.9 Å². The highest BCUT2D eigenvalue weighted by Gasteiger charge is 2.30. The maximum Gasteiger partial charge on any atom is 0.234 e. The highest BCUT2D eigenvalue weighted by atomic mass is 32.2. The van der Waals surface area contributed by atoms with E-state index in [1.54, 1.807) is 0 Å². The third-order valence-corrected chi connectivity index (χ3v) is 8.06. The second-order valence-corrected chi connectivity index (χ2v) is 11.3. The van der Waals surface area contributed by atoms with Crippen molar-refractivity contribution >= 4 is 33.4 Å². The molecule has 3 aromatic rings. The van der Waals surface area contributed by atoms with E-state index in [1.807, 2.05) is 48.5 Å². The van der Waals surface area contributed by atoms with E-state index in [4.69, 9.17) is 0 Å². The number of thioether (sulfide) groups is 1. The number of hydrogen-bond donors (Lipinski definition) is 1. The molecule has 180 valence electrons. The summed E-state index contributed by atoms with van der Waals surface area (Å²) in [5, 5.41) is 12.4. The first-order valence-electron chi connectivity index (χ1n) is 11.3. The van der Waals surface area contributed by atoms with Crippen LogP contribution in [0.3, 0.4) is 0 Å². The number of amides is 1. The number of carbonyl (C=O) groups is 1. The molecule has 2 aromatic carbocycles. The van der Waals surface area contributed by atoms with Crippen molar-refractivity contribution in [3.05, 3.63) is 72.1 Å². The number of aryl methyl sites for hydroxylation is 1. The summed E-state index contributed by atoms with van der Waals surface area (Å²) in [5.41, 5.74) is 1.95. The number of nitrogens with zero attached hydrogens (tertiary/aromatic N) is 4. The van der Waals surface area contributed by atoms with E-state index in [2.05, 4.69) is 32.2 Å². The van der Waals surface area contributed by atoms with Crippen LogP contribution in [0.5, 0.6) is 0 Å². The summed E-state index contributed by atoms with van der Waals surface area (Å²) in [4.78, 5) is 12.5. The summed E-state index contributed by atoms with van der Waals surface area (Å²) in [6.07, 6.45) is 3.68. The summed E-state index contributed by atoms with van der Waals surface area (Å²) in [6, 6.07) is 19.5. The van der Waals surface area contributed by atoms with Gasteiger partial charge in [0.1, 0.15) is 5.82 Å². The van der Waals surface area contributed by atoms with Crippen molar-refractivity contribution < 1.29 is 13.2 Å². The molecule has 1 fully saturated rings. The van der Waals surface area contributed by atoms with E-state index in [0.29, 0.717) is 24.8 Å². The number of hydrogen-bond acceptors (Lipinski definition) is 6. The molecule has 0 aliphatic carbocycles. The summed E-state index contributed by atoms with van der Waals surface area (Å²) in [6.45, 7) is 1.60. The number of rotatable bonds is 9. The second kappa shape index (κ2) is 11.2. The lowest BCUT2D eigenvalue weighted by molar-refractivity contribution is -0.113. The predicted octanol–water partition coefficient (Wildman–Crippen LogP) is 3.39. The van der Waals surface area contributed by atoms with Gasteiger partial charge in [-0.3, -0.25) is 4.79 Å². The first kappa shape index (κ1) is 24.4. The van der Waals surface area contributed by atoms with Crippen molar-refractivity contribution in [1.29, 1.82) is 0 Å². The Morgan fingerprint density at radius 1 is 1.09 bits per heavy atom. The van der Waals surface area contributed by atoms with Crippen LogP contribution in [-0.2, 0) is 27.8 Å². The Kier molecular flexibility index (Phi) is 8.02. The van der Waals surface area contributed by atoms with Gasteiger partial charge in [-0.15, -0.1) is 10.2 Å². The molecule has 0 saturated carbocycles. The molecule has 1 aliphatic rings. The first-order chi connectivity index (χ1) is 16.4. The van der Waals surface area contributed by atoms with Gasteiger partial charge in [0.15, 0.2) is 5.16 Å². The van der Waals surface area contributed by atoms with Crippen LogP contribution in [-0.4, -0.2) is 58.5 Å². The van der Waals surface area contributed by atoms with Crippen molar-refractivity contribution in [1.82, 2.24) is 19.1 Å². The van der Waals surface area contributed by atoms with E-state index < -0.39 is 10.0 Å². The van der Waals surface area contributed by atoms with Gasteiger partial charge < -0.3 is 9.88 Å². The number of sulfonamides is 1. The second-order valence-electron chi connectivity index (χ2n) is 8.39. The molecular weight excluding hydrogens is 470 g/mol.